The van der Waals surface area contributed by atoms with Crippen molar-refractivity contribution >= 4 is 16.8 Å². The van der Waals surface area contributed by atoms with Gasteiger partial charge in [0.2, 0.25) is 0 Å². The number of halogens is 1. The zero-order valence-corrected chi connectivity index (χ0v) is 6.68. The molecule has 0 aliphatic carbocycles. The largest absolute Gasteiger partial charge is 0.378 e. The van der Waals surface area contributed by atoms with Gasteiger partial charge in [0.25, 0.3) is 5.24 Å². The molecule has 0 amide bonds. The summed E-state index contributed by atoms with van der Waals surface area (Å²) >= 11 is 5.23. The lowest BCUT2D eigenvalue weighted by Crippen LogP contribution is -1.96. The Hall–Kier alpha value is -0.870. The third-order valence-electron chi connectivity index (χ3n) is 1.22. The van der Waals surface area contributed by atoms with E-state index in [1.54, 1.807) is 0 Å². The smallest absolute Gasteiger partial charge is 0.255 e. The Balaban J connectivity index is 2.87. The number of methoxy groups -OCH3 is 1. The van der Waals surface area contributed by atoms with E-state index < -0.39 is 5.24 Å². The summed E-state index contributed by atoms with van der Waals surface area (Å²) in [6, 6.07) is 0. The van der Waals surface area contributed by atoms with E-state index in [0.29, 0.717) is 17.9 Å². The first kappa shape index (κ1) is 8.23. The zero-order valence-electron chi connectivity index (χ0n) is 5.93. The average molecular weight is 175 g/mol. The summed E-state index contributed by atoms with van der Waals surface area (Å²) in [5.74, 6) is 0. The van der Waals surface area contributed by atoms with Crippen LogP contribution in [0.2, 0.25) is 0 Å². The molecule has 0 saturated carbocycles. The van der Waals surface area contributed by atoms with Crippen molar-refractivity contribution in [2.45, 2.75) is 6.61 Å². The lowest BCUT2D eigenvalue weighted by Gasteiger charge is -1.95. The minimum absolute atomic E-state index is 0.313. The molecule has 1 aromatic rings. The molecule has 0 radical (unpaired) electrons. The first-order chi connectivity index (χ1) is 5.25. The minimum atomic E-state index is -0.522. The monoisotopic (exact) mass is 174 g/mol. The van der Waals surface area contributed by atoms with Crippen LogP contribution in [0.1, 0.15) is 16.1 Å². The van der Waals surface area contributed by atoms with Crippen LogP contribution >= 0.6 is 11.6 Å². The molecule has 5 heteroatoms. The standard InChI is InChI=1S/C6H7ClN2O2/c1-11-3-5-4(6(7)10)2-8-9-5/h2H,3H2,1H3,(H,8,9). The predicted molar refractivity (Wildman–Crippen MR) is 39.5 cm³/mol. The van der Waals surface area contributed by atoms with E-state index >= 15 is 0 Å². The van der Waals surface area contributed by atoms with Gasteiger partial charge >= 0.3 is 0 Å². The highest BCUT2D eigenvalue weighted by Crippen LogP contribution is 2.08. The second kappa shape index (κ2) is 3.50. The number of rotatable bonds is 3. The molecule has 0 aliphatic rings. The Morgan fingerprint density at radius 2 is 2.64 bits per heavy atom. The van der Waals surface area contributed by atoms with E-state index in [9.17, 15) is 4.79 Å². The summed E-state index contributed by atoms with van der Waals surface area (Å²) in [5, 5.41) is 5.74. The van der Waals surface area contributed by atoms with Crippen molar-refractivity contribution in [1.29, 1.82) is 0 Å². The highest BCUT2D eigenvalue weighted by Gasteiger charge is 2.09. The maximum absolute atomic E-state index is 10.7. The van der Waals surface area contributed by atoms with Crippen LogP contribution in [-0.4, -0.2) is 22.5 Å². The Morgan fingerprint density at radius 1 is 1.91 bits per heavy atom. The molecule has 1 aromatic heterocycles. The van der Waals surface area contributed by atoms with E-state index in [2.05, 4.69) is 10.2 Å². The first-order valence-electron chi connectivity index (χ1n) is 2.96. The molecule has 11 heavy (non-hydrogen) atoms. The quantitative estimate of drug-likeness (QED) is 0.694. The first-order valence-corrected chi connectivity index (χ1v) is 3.34. The van der Waals surface area contributed by atoms with Crippen molar-refractivity contribution in [1.82, 2.24) is 10.2 Å². The van der Waals surface area contributed by atoms with Gasteiger partial charge < -0.3 is 4.74 Å². The fourth-order valence-electron chi connectivity index (χ4n) is 0.737. The normalized spacial score (nSPS) is 10.0. The highest BCUT2D eigenvalue weighted by molar-refractivity contribution is 6.67. The third kappa shape index (κ3) is 1.78. The van der Waals surface area contributed by atoms with Crippen LogP contribution in [0.15, 0.2) is 6.20 Å². The van der Waals surface area contributed by atoms with Crippen LogP contribution in [0, 0.1) is 0 Å². The highest BCUT2D eigenvalue weighted by atomic mass is 35.5. The van der Waals surface area contributed by atoms with Crippen LogP contribution in [0.4, 0.5) is 0 Å². The molecule has 1 N–H and O–H groups in total. The van der Waals surface area contributed by atoms with Gasteiger partial charge in [-0.2, -0.15) is 5.10 Å². The van der Waals surface area contributed by atoms with Crippen LogP contribution in [0.25, 0.3) is 0 Å². The lowest BCUT2D eigenvalue weighted by atomic mass is 10.3. The summed E-state index contributed by atoms with van der Waals surface area (Å²) in [4.78, 5) is 10.7. The Kier molecular flexibility index (Phi) is 2.62. The molecule has 0 bridgehead atoms. The molecule has 4 nitrogen and oxygen atoms in total. The number of aromatic nitrogens is 2. The van der Waals surface area contributed by atoms with Gasteiger partial charge in [0, 0.05) is 7.11 Å². The van der Waals surface area contributed by atoms with Crippen molar-refractivity contribution in [3.63, 3.8) is 0 Å². The van der Waals surface area contributed by atoms with Gasteiger partial charge in [-0.3, -0.25) is 9.89 Å². The molecule has 0 unspecified atom stereocenters. The molecular weight excluding hydrogens is 168 g/mol. The van der Waals surface area contributed by atoms with Crippen LogP contribution < -0.4 is 0 Å². The number of carbonyl (C=O) groups excluding carboxylic acids is 1. The van der Waals surface area contributed by atoms with E-state index in [0.717, 1.165) is 0 Å². The summed E-state index contributed by atoms with van der Waals surface area (Å²) < 4.78 is 4.79. The Bertz CT molecular complexity index is 259. The van der Waals surface area contributed by atoms with Crippen molar-refractivity contribution in [2.24, 2.45) is 0 Å². The second-order valence-electron chi connectivity index (χ2n) is 1.97. The van der Waals surface area contributed by atoms with E-state index in [1.807, 2.05) is 0 Å². The van der Waals surface area contributed by atoms with Crippen molar-refractivity contribution < 1.29 is 9.53 Å². The van der Waals surface area contributed by atoms with Gasteiger partial charge in [-0.05, 0) is 11.6 Å². The van der Waals surface area contributed by atoms with Gasteiger partial charge in [-0.1, -0.05) is 0 Å². The molecular formula is C6H7ClN2O2. The summed E-state index contributed by atoms with van der Waals surface area (Å²) in [5.41, 5.74) is 0.973. The van der Waals surface area contributed by atoms with Crippen LogP contribution in [0.5, 0.6) is 0 Å². The number of nitrogens with zero attached hydrogens (tertiary/aromatic N) is 1. The fraction of sp³-hybridized carbons (Fsp3) is 0.333. The number of aromatic amines is 1. The van der Waals surface area contributed by atoms with Crippen LogP contribution in [-0.2, 0) is 11.3 Å². The second-order valence-corrected chi connectivity index (χ2v) is 2.31. The Morgan fingerprint density at radius 3 is 3.18 bits per heavy atom. The van der Waals surface area contributed by atoms with E-state index in [-0.39, 0.29) is 0 Å². The minimum Gasteiger partial charge on any atom is -0.378 e. The molecule has 0 saturated heterocycles. The fourth-order valence-corrected chi connectivity index (χ4v) is 0.899. The van der Waals surface area contributed by atoms with Crippen LogP contribution in [0.3, 0.4) is 0 Å². The molecule has 60 valence electrons. The third-order valence-corrected chi connectivity index (χ3v) is 1.42. The van der Waals surface area contributed by atoms with Gasteiger partial charge in [-0.15, -0.1) is 0 Å². The topological polar surface area (TPSA) is 55.0 Å². The molecule has 1 heterocycles. The lowest BCUT2D eigenvalue weighted by molar-refractivity contribution is 0.107. The average Bonchev–Trinajstić information content (AvgIpc) is 2.36. The SMILES string of the molecule is COCc1[nH]ncc1C(=O)Cl. The number of ether oxygens (including phenoxy) is 1. The number of hydrogen-bond acceptors (Lipinski definition) is 3. The van der Waals surface area contributed by atoms with Gasteiger partial charge in [0.05, 0.1) is 24.1 Å². The van der Waals surface area contributed by atoms with E-state index in [1.165, 1.54) is 13.3 Å². The van der Waals surface area contributed by atoms with Gasteiger partial charge in [0.1, 0.15) is 0 Å². The molecule has 0 atom stereocenters. The molecule has 0 spiro atoms. The summed E-state index contributed by atoms with van der Waals surface area (Å²) in [6.07, 6.45) is 1.38. The number of hydrogen-bond donors (Lipinski definition) is 1. The number of nitrogens with one attached hydrogen (secondary N) is 1. The van der Waals surface area contributed by atoms with Gasteiger partial charge in [0.15, 0.2) is 0 Å². The maximum atomic E-state index is 10.7. The molecule has 0 aliphatic heterocycles. The number of carbonyl (C=O) groups is 1. The van der Waals surface area contributed by atoms with E-state index in [4.69, 9.17) is 16.3 Å². The molecule has 1 rings (SSSR count). The van der Waals surface area contributed by atoms with Crippen molar-refractivity contribution in [3.8, 4) is 0 Å². The summed E-state index contributed by atoms with van der Waals surface area (Å²) in [6.45, 7) is 0.313. The van der Waals surface area contributed by atoms with Gasteiger partial charge in [-0.25, -0.2) is 0 Å². The maximum Gasteiger partial charge on any atom is 0.255 e. The Labute approximate surface area is 68.5 Å². The van der Waals surface area contributed by atoms with Crippen molar-refractivity contribution in [3.05, 3.63) is 17.5 Å². The molecule has 0 fully saturated rings. The summed E-state index contributed by atoms with van der Waals surface area (Å²) in [7, 11) is 1.53. The molecule has 0 aromatic carbocycles. The van der Waals surface area contributed by atoms with Crippen molar-refractivity contribution in [2.75, 3.05) is 7.11 Å². The zero-order chi connectivity index (χ0) is 8.27. The predicted octanol–water partition coefficient (Wildman–Crippen LogP) is 0.935. The number of H-pyrrole nitrogens is 1.